The van der Waals surface area contributed by atoms with Gasteiger partial charge in [0.2, 0.25) is 5.95 Å². The van der Waals surface area contributed by atoms with E-state index >= 15 is 0 Å². The van der Waals surface area contributed by atoms with Gasteiger partial charge in [-0.2, -0.15) is 0 Å². The number of ether oxygens (including phenoxy) is 1. The van der Waals surface area contributed by atoms with Crippen molar-refractivity contribution in [3.8, 4) is 11.3 Å². The van der Waals surface area contributed by atoms with E-state index in [0.717, 1.165) is 17.4 Å². The van der Waals surface area contributed by atoms with E-state index in [0.29, 0.717) is 36.5 Å². The van der Waals surface area contributed by atoms with Crippen LogP contribution in [0.5, 0.6) is 0 Å². The molecule has 5 rings (SSSR count). The molecule has 3 aromatic rings. The molecule has 2 fully saturated rings. The van der Waals surface area contributed by atoms with Gasteiger partial charge in [0, 0.05) is 36.3 Å². The van der Waals surface area contributed by atoms with Gasteiger partial charge >= 0.3 is 0 Å². The van der Waals surface area contributed by atoms with Crippen molar-refractivity contribution in [2.45, 2.75) is 76.6 Å². The number of benzene rings is 1. The number of aliphatic hydroxyl groups excluding tert-OH is 1. The molecule has 35 heavy (non-hydrogen) atoms. The number of halogens is 1. The lowest BCUT2D eigenvalue weighted by Crippen LogP contribution is -2.42. The van der Waals surface area contributed by atoms with E-state index in [4.69, 9.17) is 9.72 Å². The Labute approximate surface area is 205 Å². The Balaban J connectivity index is 1.47. The molecule has 3 N–H and O–H groups in total. The Morgan fingerprint density at radius 1 is 1.14 bits per heavy atom. The summed E-state index contributed by atoms with van der Waals surface area (Å²) in [6.45, 7) is 5.98. The highest BCUT2D eigenvalue weighted by atomic mass is 19.1. The zero-order chi connectivity index (χ0) is 24.4. The molecule has 1 aliphatic carbocycles. The van der Waals surface area contributed by atoms with Gasteiger partial charge in [0.25, 0.3) is 0 Å². The van der Waals surface area contributed by atoms with Crippen LogP contribution in [0.25, 0.3) is 22.2 Å². The molecule has 2 atom stereocenters. The number of anilines is 1. The Hall–Kier alpha value is -2.68. The standard InChI is InChI=1S/C27H34FN5O2/c1-16(2)25-18(12-29-19-5-3-4-6-19)13-30-22-8-7-17(11-20(22)25)26-21(28)14-31-27(33-26)32-23-9-10-35-15-24(23)34/h7-8,11,13-14,16,19,23-24,29,34H,3-6,9-10,12,15H2,1-2H3,(H,31,32,33)/t23-,24-/m1/s1. The quantitative estimate of drug-likeness (QED) is 0.458. The number of fused-ring (bicyclic) bond motifs is 1. The average Bonchev–Trinajstić information content (AvgIpc) is 3.38. The molecule has 1 aromatic carbocycles. The van der Waals surface area contributed by atoms with Crippen LogP contribution in [-0.2, 0) is 11.3 Å². The summed E-state index contributed by atoms with van der Waals surface area (Å²) in [6, 6.07) is 6.13. The normalized spacial score (nSPS) is 21.2. The van der Waals surface area contributed by atoms with Gasteiger partial charge in [-0.05, 0) is 48.4 Å². The third-order valence-corrected chi connectivity index (χ3v) is 7.16. The Kier molecular flexibility index (Phi) is 7.22. The van der Waals surface area contributed by atoms with Crippen LogP contribution in [0, 0.1) is 5.82 Å². The first kappa shape index (κ1) is 24.0. The maximum absolute atomic E-state index is 14.9. The van der Waals surface area contributed by atoms with Gasteiger partial charge in [-0.1, -0.05) is 32.8 Å². The van der Waals surface area contributed by atoms with Crippen molar-refractivity contribution in [1.82, 2.24) is 20.3 Å². The van der Waals surface area contributed by atoms with Crippen LogP contribution < -0.4 is 10.6 Å². The summed E-state index contributed by atoms with van der Waals surface area (Å²) in [5.41, 5.74) is 4.23. The van der Waals surface area contributed by atoms with Crippen molar-refractivity contribution >= 4 is 16.9 Å². The minimum absolute atomic E-state index is 0.231. The van der Waals surface area contributed by atoms with Crippen LogP contribution in [0.15, 0.2) is 30.6 Å². The first-order chi connectivity index (χ1) is 17.0. The van der Waals surface area contributed by atoms with Gasteiger partial charge in [-0.3, -0.25) is 4.98 Å². The molecule has 0 amide bonds. The van der Waals surface area contributed by atoms with Gasteiger partial charge in [0.1, 0.15) is 5.69 Å². The van der Waals surface area contributed by atoms with E-state index in [9.17, 15) is 9.50 Å². The van der Waals surface area contributed by atoms with E-state index < -0.39 is 11.9 Å². The highest BCUT2D eigenvalue weighted by Crippen LogP contribution is 2.32. The maximum atomic E-state index is 14.9. The smallest absolute Gasteiger partial charge is 0.223 e. The molecule has 0 unspecified atom stereocenters. The summed E-state index contributed by atoms with van der Waals surface area (Å²) in [5, 5.41) is 18.1. The SMILES string of the molecule is CC(C)c1c(CNC2CCCC2)cnc2ccc(-c3nc(N[C@@H]4CCOC[C@H]4O)ncc3F)cc12. The van der Waals surface area contributed by atoms with Crippen LogP contribution in [0.4, 0.5) is 10.3 Å². The molecule has 2 aliphatic rings. The molecule has 0 bridgehead atoms. The third-order valence-electron chi connectivity index (χ3n) is 7.16. The molecule has 8 heteroatoms. The van der Waals surface area contributed by atoms with Crippen LogP contribution in [0.3, 0.4) is 0 Å². The van der Waals surface area contributed by atoms with Gasteiger partial charge in [0.15, 0.2) is 5.82 Å². The van der Waals surface area contributed by atoms with Crippen molar-refractivity contribution < 1.29 is 14.2 Å². The lowest BCUT2D eigenvalue weighted by Gasteiger charge is -2.28. The van der Waals surface area contributed by atoms with E-state index in [1.165, 1.54) is 43.0 Å². The number of pyridine rings is 1. The number of aromatic nitrogens is 3. The van der Waals surface area contributed by atoms with Crippen molar-refractivity contribution in [2.24, 2.45) is 0 Å². The summed E-state index contributed by atoms with van der Waals surface area (Å²) in [6.07, 6.45) is 8.19. The Bertz CT molecular complexity index is 1180. The largest absolute Gasteiger partial charge is 0.389 e. The summed E-state index contributed by atoms with van der Waals surface area (Å²) >= 11 is 0. The van der Waals surface area contributed by atoms with Crippen molar-refractivity contribution in [3.05, 3.63) is 47.5 Å². The first-order valence-electron chi connectivity index (χ1n) is 12.7. The number of aliphatic hydroxyl groups is 1. The minimum Gasteiger partial charge on any atom is -0.389 e. The molecular formula is C27H34FN5O2. The second kappa shape index (κ2) is 10.5. The Morgan fingerprint density at radius 2 is 1.97 bits per heavy atom. The molecule has 7 nitrogen and oxygen atoms in total. The van der Waals surface area contributed by atoms with Gasteiger partial charge in [-0.25, -0.2) is 14.4 Å². The topological polar surface area (TPSA) is 92.2 Å². The number of hydrogen-bond donors (Lipinski definition) is 3. The van der Waals surface area contributed by atoms with Crippen molar-refractivity contribution in [1.29, 1.82) is 0 Å². The molecule has 2 aromatic heterocycles. The highest BCUT2D eigenvalue weighted by molar-refractivity contribution is 5.88. The number of nitrogens with one attached hydrogen (secondary N) is 2. The van der Waals surface area contributed by atoms with Gasteiger partial charge < -0.3 is 20.5 Å². The molecule has 0 radical (unpaired) electrons. The fourth-order valence-electron chi connectivity index (χ4n) is 5.30. The van der Waals surface area contributed by atoms with Crippen LogP contribution in [0.2, 0.25) is 0 Å². The van der Waals surface area contributed by atoms with Crippen molar-refractivity contribution in [3.63, 3.8) is 0 Å². The van der Waals surface area contributed by atoms with E-state index in [1.54, 1.807) is 0 Å². The average molecular weight is 480 g/mol. The minimum atomic E-state index is -0.655. The molecule has 1 saturated heterocycles. The summed E-state index contributed by atoms with van der Waals surface area (Å²) in [5.74, 6) is 0.100. The fraction of sp³-hybridized carbons (Fsp3) is 0.519. The summed E-state index contributed by atoms with van der Waals surface area (Å²) in [4.78, 5) is 13.3. The molecule has 1 saturated carbocycles. The lowest BCUT2D eigenvalue weighted by molar-refractivity contribution is -0.0136. The fourth-order valence-corrected chi connectivity index (χ4v) is 5.30. The molecule has 3 heterocycles. The second-order valence-electron chi connectivity index (χ2n) is 10.0. The van der Waals surface area contributed by atoms with Gasteiger partial charge in [0.05, 0.1) is 30.5 Å². The van der Waals surface area contributed by atoms with Crippen molar-refractivity contribution in [2.75, 3.05) is 18.5 Å². The van der Waals surface area contributed by atoms with Gasteiger partial charge in [-0.15, -0.1) is 0 Å². The summed E-state index contributed by atoms with van der Waals surface area (Å²) in [7, 11) is 0. The molecule has 0 spiro atoms. The monoisotopic (exact) mass is 479 g/mol. The molecular weight excluding hydrogens is 445 g/mol. The second-order valence-corrected chi connectivity index (χ2v) is 10.0. The number of hydrogen-bond acceptors (Lipinski definition) is 7. The predicted molar refractivity (Wildman–Crippen MR) is 135 cm³/mol. The van der Waals surface area contributed by atoms with E-state index in [2.05, 4.69) is 34.4 Å². The number of nitrogens with zero attached hydrogens (tertiary/aromatic N) is 3. The predicted octanol–water partition coefficient (Wildman–Crippen LogP) is 4.55. The van der Waals surface area contributed by atoms with E-state index in [-0.39, 0.29) is 18.3 Å². The van der Waals surface area contributed by atoms with Crippen LogP contribution in [0.1, 0.15) is 63.0 Å². The first-order valence-corrected chi connectivity index (χ1v) is 12.7. The highest BCUT2D eigenvalue weighted by Gasteiger charge is 2.25. The zero-order valence-corrected chi connectivity index (χ0v) is 20.4. The number of rotatable bonds is 7. The lowest BCUT2D eigenvalue weighted by atomic mass is 9.92. The Morgan fingerprint density at radius 3 is 2.74 bits per heavy atom. The zero-order valence-electron chi connectivity index (χ0n) is 20.4. The maximum Gasteiger partial charge on any atom is 0.223 e. The third kappa shape index (κ3) is 5.29. The molecule has 186 valence electrons. The van der Waals surface area contributed by atoms with Crippen LogP contribution in [-0.4, -0.2) is 51.5 Å². The molecule has 1 aliphatic heterocycles. The summed E-state index contributed by atoms with van der Waals surface area (Å²) < 4.78 is 20.2. The van der Waals surface area contributed by atoms with E-state index in [1.807, 2.05) is 24.4 Å². The van der Waals surface area contributed by atoms with Crippen LogP contribution >= 0.6 is 0 Å².